The topological polar surface area (TPSA) is 80.9 Å². The van der Waals surface area contributed by atoms with Gasteiger partial charge in [0.2, 0.25) is 5.90 Å². The van der Waals surface area contributed by atoms with Crippen molar-refractivity contribution in [2.75, 3.05) is 7.11 Å². The molecule has 0 fully saturated rings. The number of ether oxygens (including phenoxy) is 3. The van der Waals surface area contributed by atoms with E-state index in [9.17, 15) is 13.6 Å². The van der Waals surface area contributed by atoms with Crippen molar-refractivity contribution >= 4 is 17.9 Å². The third-order valence-electron chi connectivity index (χ3n) is 3.57. The second kappa shape index (κ2) is 7.66. The van der Waals surface area contributed by atoms with Gasteiger partial charge in [0.15, 0.2) is 17.2 Å². The van der Waals surface area contributed by atoms with Gasteiger partial charge in [0.05, 0.1) is 18.7 Å². The molecule has 6 nitrogen and oxygen atoms in total. The Labute approximate surface area is 152 Å². The highest BCUT2D eigenvalue weighted by Gasteiger charge is 2.25. The van der Waals surface area contributed by atoms with Crippen LogP contribution < -0.4 is 9.47 Å². The van der Waals surface area contributed by atoms with Crippen LogP contribution in [0.25, 0.3) is 6.08 Å². The lowest BCUT2D eigenvalue weighted by atomic mass is 10.1. The zero-order valence-corrected chi connectivity index (χ0v) is 14.0. The standard InChI is InChI=1S/C19H12F2N2O4/c1-25-16-9-13(5-6-15(16)26-19(20)21)17-23-14(18(24)27-17)8-11-3-2-4-12(7-11)10-22/h2-9,19H,1H3. The predicted molar refractivity (Wildman–Crippen MR) is 91.4 cm³/mol. The van der Waals surface area contributed by atoms with Crippen LogP contribution in [0.4, 0.5) is 8.78 Å². The second-order valence-electron chi connectivity index (χ2n) is 5.32. The molecule has 136 valence electrons. The molecule has 0 atom stereocenters. The van der Waals surface area contributed by atoms with Crippen LogP contribution in [-0.2, 0) is 9.53 Å². The van der Waals surface area contributed by atoms with Crippen LogP contribution in [0, 0.1) is 11.3 Å². The van der Waals surface area contributed by atoms with Crippen molar-refractivity contribution in [3.05, 3.63) is 64.9 Å². The van der Waals surface area contributed by atoms with Crippen LogP contribution in [-0.4, -0.2) is 25.6 Å². The first-order valence-electron chi connectivity index (χ1n) is 7.66. The Hall–Kier alpha value is -3.73. The number of nitriles is 1. The number of aliphatic imine (C=N–C) groups is 1. The SMILES string of the molecule is COc1cc(C2=NC(=Cc3cccc(C#N)c3)C(=O)O2)ccc1OC(F)F. The van der Waals surface area contributed by atoms with E-state index in [-0.39, 0.29) is 23.1 Å². The van der Waals surface area contributed by atoms with Gasteiger partial charge in [-0.3, -0.25) is 0 Å². The number of halogens is 2. The van der Waals surface area contributed by atoms with Gasteiger partial charge in [-0.25, -0.2) is 9.79 Å². The second-order valence-corrected chi connectivity index (χ2v) is 5.32. The van der Waals surface area contributed by atoms with E-state index in [1.807, 2.05) is 6.07 Å². The lowest BCUT2D eigenvalue weighted by molar-refractivity contribution is -0.129. The molecule has 0 aliphatic carbocycles. The van der Waals surface area contributed by atoms with Crippen LogP contribution in [0.1, 0.15) is 16.7 Å². The fourth-order valence-electron chi connectivity index (χ4n) is 2.38. The summed E-state index contributed by atoms with van der Waals surface area (Å²) < 4.78 is 39.3. The van der Waals surface area contributed by atoms with E-state index < -0.39 is 12.6 Å². The number of hydrogen-bond acceptors (Lipinski definition) is 6. The number of benzene rings is 2. The van der Waals surface area contributed by atoms with E-state index in [0.717, 1.165) is 0 Å². The van der Waals surface area contributed by atoms with E-state index >= 15 is 0 Å². The summed E-state index contributed by atoms with van der Waals surface area (Å²) in [6.45, 7) is -3.00. The molecule has 0 aromatic heterocycles. The Balaban J connectivity index is 1.92. The van der Waals surface area contributed by atoms with E-state index in [1.165, 1.54) is 31.4 Å². The zero-order chi connectivity index (χ0) is 19.4. The molecule has 0 amide bonds. The van der Waals surface area contributed by atoms with Crippen LogP contribution in [0.3, 0.4) is 0 Å². The van der Waals surface area contributed by atoms with Crippen molar-refractivity contribution in [1.82, 2.24) is 0 Å². The Kier molecular flexibility index (Phi) is 5.13. The molecule has 3 rings (SSSR count). The van der Waals surface area contributed by atoms with E-state index in [1.54, 1.807) is 24.3 Å². The lowest BCUT2D eigenvalue weighted by Gasteiger charge is -2.10. The molecule has 1 heterocycles. The number of carbonyl (C=O) groups excluding carboxylic acids is 1. The molecule has 0 bridgehead atoms. The minimum Gasteiger partial charge on any atom is -0.493 e. The summed E-state index contributed by atoms with van der Waals surface area (Å²) in [7, 11) is 1.30. The Morgan fingerprint density at radius 2 is 2.04 bits per heavy atom. The quantitative estimate of drug-likeness (QED) is 0.594. The van der Waals surface area contributed by atoms with Crippen molar-refractivity contribution < 1.29 is 27.8 Å². The minimum absolute atomic E-state index is 0.00425. The maximum Gasteiger partial charge on any atom is 0.387 e. The molecular formula is C19H12F2N2O4. The van der Waals surface area contributed by atoms with Gasteiger partial charge in [0.25, 0.3) is 0 Å². The summed E-state index contributed by atoms with van der Waals surface area (Å²) in [6.07, 6.45) is 1.49. The molecule has 2 aromatic carbocycles. The van der Waals surface area contributed by atoms with Crippen LogP contribution in [0.5, 0.6) is 11.5 Å². The molecule has 2 aromatic rings. The molecule has 0 saturated heterocycles. The molecule has 8 heteroatoms. The number of alkyl halides is 2. The van der Waals surface area contributed by atoms with Crippen molar-refractivity contribution in [3.8, 4) is 17.6 Å². The number of esters is 1. The van der Waals surface area contributed by atoms with Crippen molar-refractivity contribution in [3.63, 3.8) is 0 Å². The van der Waals surface area contributed by atoms with Gasteiger partial charge in [-0.15, -0.1) is 0 Å². The average molecular weight is 370 g/mol. The summed E-state index contributed by atoms with van der Waals surface area (Å²) in [4.78, 5) is 16.2. The van der Waals surface area contributed by atoms with Crippen molar-refractivity contribution in [2.45, 2.75) is 6.61 Å². The maximum absolute atomic E-state index is 12.4. The van der Waals surface area contributed by atoms with Crippen LogP contribution in [0.15, 0.2) is 53.2 Å². The lowest BCUT2D eigenvalue weighted by Crippen LogP contribution is -2.07. The predicted octanol–water partition coefficient (Wildman–Crippen LogP) is 3.51. The fraction of sp³-hybridized carbons (Fsp3) is 0.105. The first kappa shape index (κ1) is 18.1. The number of carbonyl (C=O) groups is 1. The van der Waals surface area contributed by atoms with Crippen molar-refractivity contribution in [2.24, 2.45) is 4.99 Å². The first-order valence-corrected chi connectivity index (χ1v) is 7.66. The summed E-state index contributed by atoms with van der Waals surface area (Å²) in [6, 6.07) is 12.7. The third-order valence-corrected chi connectivity index (χ3v) is 3.57. The van der Waals surface area contributed by atoms with Gasteiger partial charge in [0, 0.05) is 5.56 Å². The number of methoxy groups -OCH3 is 1. The Morgan fingerprint density at radius 1 is 1.22 bits per heavy atom. The first-order chi connectivity index (χ1) is 13.0. The highest BCUT2D eigenvalue weighted by molar-refractivity contribution is 6.13. The normalized spacial score (nSPS) is 14.7. The highest BCUT2D eigenvalue weighted by Crippen LogP contribution is 2.31. The smallest absolute Gasteiger partial charge is 0.387 e. The summed E-state index contributed by atoms with van der Waals surface area (Å²) in [5.74, 6) is -0.764. The number of hydrogen-bond donors (Lipinski definition) is 0. The molecule has 1 aliphatic heterocycles. The maximum atomic E-state index is 12.4. The summed E-state index contributed by atoms with van der Waals surface area (Å²) in [5.41, 5.74) is 1.46. The van der Waals surface area contributed by atoms with Crippen LogP contribution >= 0.6 is 0 Å². The minimum atomic E-state index is -3.00. The molecule has 27 heavy (non-hydrogen) atoms. The summed E-state index contributed by atoms with van der Waals surface area (Å²) >= 11 is 0. The van der Waals surface area contributed by atoms with Gasteiger partial charge in [-0.2, -0.15) is 14.0 Å². The van der Waals surface area contributed by atoms with E-state index in [0.29, 0.717) is 16.7 Å². The number of cyclic esters (lactones) is 1. The Morgan fingerprint density at radius 3 is 2.74 bits per heavy atom. The van der Waals surface area contributed by atoms with Gasteiger partial charge < -0.3 is 14.2 Å². The zero-order valence-electron chi connectivity index (χ0n) is 14.0. The molecule has 1 aliphatic rings. The largest absolute Gasteiger partial charge is 0.493 e. The molecule has 0 spiro atoms. The average Bonchev–Trinajstić information content (AvgIpc) is 3.02. The van der Waals surface area contributed by atoms with Crippen LogP contribution in [0.2, 0.25) is 0 Å². The van der Waals surface area contributed by atoms with Gasteiger partial charge in [-0.1, -0.05) is 12.1 Å². The fourth-order valence-corrected chi connectivity index (χ4v) is 2.38. The van der Waals surface area contributed by atoms with Gasteiger partial charge in [-0.05, 0) is 42.0 Å². The third kappa shape index (κ3) is 4.10. The molecule has 0 radical (unpaired) electrons. The molecule has 0 saturated carbocycles. The summed E-state index contributed by atoms with van der Waals surface area (Å²) in [5, 5.41) is 8.93. The van der Waals surface area contributed by atoms with E-state index in [4.69, 9.17) is 14.7 Å². The number of nitrogens with zero attached hydrogens (tertiary/aromatic N) is 2. The highest BCUT2D eigenvalue weighted by atomic mass is 19.3. The monoisotopic (exact) mass is 370 g/mol. The Bertz CT molecular complexity index is 993. The van der Waals surface area contributed by atoms with Gasteiger partial charge >= 0.3 is 12.6 Å². The molecular weight excluding hydrogens is 358 g/mol. The number of rotatable bonds is 5. The van der Waals surface area contributed by atoms with E-state index in [2.05, 4.69) is 9.73 Å². The van der Waals surface area contributed by atoms with Gasteiger partial charge in [0.1, 0.15) is 0 Å². The molecule has 0 N–H and O–H groups in total. The molecule has 0 unspecified atom stereocenters. The van der Waals surface area contributed by atoms with Crippen molar-refractivity contribution in [1.29, 1.82) is 5.26 Å².